The van der Waals surface area contributed by atoms with Crippen LogP contribution >= 0.6 is 0 Å². The monoisotopic (exact) mass is 341 g/mol. The Balaban J connectivity index is 1.98. The maximum absolute atomic E-state index is 12.6. The van der Waals surface area contributed by atoms with Gasteiger partial charge in [-0.05, 0) is 43.2 Å². The SMILES string of the molecule is CC(C)CC(O)C1CCN(C(=O)c2ccccc2OC(F)F)CC1. The number of aliphatic hydroxyl groups excluding tert-OH is 1. The third-order valence-electron chi connectivity index (χ3n) is 4.42. The highest BCUT2D eigenvalue weighted by Crippen LogP contribution is 2.27. The van der Waals surface area contributed by atoms with Crippen molar-refractivity contribution in [3.63, 3.8) is 0 Å². The van der Waals surface area contributed by atoms with Crippen LogP contribution in [0.25, 0.3) is 0 Å². The highest BCUT2D eigenvalue weighted by Gasteiger charge is 2.29. The summed E-state index contributed by atoms with van der Waals surface area (Å²) in [7, 11) is 0. The van der Waals surface area contributed by atoms with Gasteiger partial charge in [-0.3, -0.25) is 4.79 Å². The number of ether oxygens (including phenoxy) is 1. The van der Waals surface area contributed by atoms with E-state index in [1.165, 1.54) is 12.1 Å². The lowest BCUT2D eigenvalue weighted by atomic mass is 9.87. The summed E-state index contributed by atoms with van der Waals surface area (Å²) in [6.07, 6.45) is 1.84. The van der Waals surface area contributed by atoms with Gasteiger partial charge in [0.2, 0.25) is 0 Å². The van der Waals surface area contributed by atoms with Crippen molar-refractivity contribution >= 4 is 5.91 Å². The molecule has 1 amide bonds. The average Bonchev–Trinajstić information content (AvgIpc) is 2.53. The molecule has 1 atom stereocenters. The largest absolute Gasteiger partial charge is 0.434 e. The molecule has 24 heavy (non-hydrogen) atoms. The fourth-order valence-corrected chi connectivity index (χ4v) is 3.18. The van der Waals surface area contributed by atoms with Crippen LogP contribution in [0.2, 0.25) is 0 Å². The molecule has 1 heterocycles. The predicted octanol–water partition coefficient (Wildman–Crippen LogP) is 3.55. The van der Waals surface area contributed by atoms with E-state index in [0.717, 1.165) is 19.3 Å². The van der Waals surface area contributed by atoms with E-state index in [2.05, 4.69) is 18.6 Å². The van der Waals surface area contributed by atoms with Crippen LogP contribution in [-0.4, -0.2) is 41.7 Å². The van der Waals surface area contributed by atoms with Crippen LogP contribution in [-0.2, 0) is 0 Å². The molecule has 6 heteroatoms. The maximum atomic E-state index is 12.6. The average molecular weight is 341 g/mol. The van der Waals surface area contributed by atoms with Crippen LogP contribution < -0.4 is 4.74 Å². The molecule has 4 nitrogen and oxygen atoms in total. The molecular weight excluding hydrogens is 316 g/mol. The molecule has 1 aliphatic rings. The Kier molecular flexibility index (Phi) is 6.54. The minimum Gasteiger partial charge on any atom is -0.434 e. The molecule has 1 fully saturated rings. The second-order valence-corrected chi connectivity index (χ2v) is 6.70. The molecule has 1 aromatic rings. The number of carbonyl (C=O) groups excluding carboxylic acids is 1. The first-order valence-corrected chi connectivity index (χ1v) is 8.39. The van der Waals surface area contributed by atoms with Gasteiger partial charge in [0.1, 0.15) is 5.75 Å². The summed E-state index contributed by atoms with van der Waals surface area (Å²) in [6.45, 7) is 2.21. The van der Waals surface area contributed by atoms with Crippen LogP contribution in [0.5, 0.6) is 5.75 Å². The molecule has 0 aliphatic carbocycles. The van der Waals surface area contributed by atoms with Crippen LogP contribution in [0.3, 0.4) is 0 Å². The maximum Gasteiger partial charge on any atom is 0.387 e. The van der Waals surface area contributed by atoms with Crippen molar-refractivity contribution in [1.29, 1.82) is 0 Å². The molecule has 0 spiro atoms. The molecule has 134 valence electrons. The van der Waals surface area contributed by atoms with Gasteiger partial charge in [-0.15, -0.1) is 0 Å². The second kappa shape index (κ2) is 8.42. The lowest BCUT2D eigenvalue weighted by molar-refractivity contribution is -0.0503. The summed E-state index contributed by atoms with van der Waals surface area (Å²) in [4.78, 5) is 14.2. The van der Waals surface area contributed by atoms with Gasteiger partial charge in [-0.25, -0.2) is 0 Å². The van der Waals surface area contributed by atoms with E-state index in [1.807, 2.05) is 0 Å². The van der Waals surface area contributed by atoms with Gasteiger partial charge in [0.05, 0.1) is 11.7 Å². The second-order valence-electron chi connectivity index (χ2n) is 6.70. The smallest absolute Gasteiger partial charge is 0.387 e. The zero-order chi connectivity index (χ0) is 17.7. The molecule has 1 N–H and O–H groups in total. The number of hydrogen-bond acceptors (Lipinski definition) is 3. The fraction of sp³-hybridized carbons (Fsp3) is 0.611. The summed E-state index contributed by atoms with van der Waals surface area (Å²) >= 11 is 0. The Morgan fingerprint density at radius 1 is 1.29 bits per heavy atom. The van der Waals surface area contributed by atoms with E-state index < -0.39 is 6.61 Å². The molecule has 2 rings (SSSR count). The number of piperidine rings is 1. The van der Waals surface area contributed by atoms with Crippen LogP contribution in [0.15, 0.2) is 24.3 Å². The van der Waals surface area contributed by atoms with Crippen molar-refractivity contribution in [3.05, 3.63) is 29.8 Å². The Morgan fingerprint density at radius 2 is 1.92 bits per heavy atom. The molecule has 0 aromatic heterocycles. The molecule has 0 bridgehead atoms. The van der Waals surface area contributed by atoms with Crippen molar-refractivity contribution in [2.45, 2.75) is 45.8 Å². The zero-order valence-corrected chi connectivity index (χ0v) is 14.1. The first-order chi connectivity index (χ1) is 11.4. The zero-order valence-electron chi connectivity index (χ0n) is 14.1. The predicted molar refractivity (Wildman–Crippen MR) is 87.2 cm³/mol. The third-order valence-corrected chi connectivity index (χ3v) is 4.42. The number of carbonyl (C=O) groups is 1. The standard InChI is InChI=1S/C18H25F2NO3/c1-12(2)11-15(22)13-7-9-21(10-8-13)17(23)14-5-3-4-6-16(14)24-18(19)20/h3-6,12-13,15,18,22H,7-11H2,1-2H3. The van der Waals surface area contributed by atoms with Crippen molar-refractivity contribution in [1.82, 2.24) is 4.90 Å². The van der Waals surface area contributed by atoms with E-state index >= 15 is 0 Å². The first kappa shape index (κ1) is 18.6. The number of hydrogen-bond donors (Lipinski definition) is 1. The van der Waals surface area contributed by atoms with E-state index in [-0.39, 0.29) is 29.2 Å². The molecule has 0 saturated carbocycles. The quantitative estimate of drug-likeness (QED) is 0.861. The third kappa shape index (κ3) is 4.90. The van der Waals surface area contributed by atoms with Crippen LogP contribution in [0, 0.1) is 11.8 Å². The van der Waals surface area contributed by atoms with E-state index in [0.29, 0.717) is 19.0 Å². The van der Waals surface area contributed by atoms with E-state index in [1.54, 1.807) is 17.0 Å². The lowest BCUT2D eigenvalue weighted by Gasteiger charge is -2.35. The number of rotatable bonds is 6. The number of halogens is 2. The van der Waals surface area contributed by atoms with Crippen molar-refractivity contribution in [2.75, 3.05) is 13.1 Å². The Bertz CT molecular complexity index is 543. The Hall–Kier alpha value is -1.69. The van der Waals surface area contributed by atoms with Gasteiger partial charge < -0.3 is 14.7 Å². The van der Waals surface area contributed by atoms with Crippen LogP contribution in [0.1, 0.15) is 43.5 Å². The fourth-order valence-electron chi connectivity index (χ4n) is 3.18. The Labute approximate surface area is 141 Å². The summed E-state index contributed by atoms with van der Waals surface area (Å²) in [5, 5.41) is 10.2. The Morgan fingerprint density at radius 3 is 2.50 bits per heavy atom. The number of nitrogens with zero attached hydrogens (tertiary/aromatic N) is 1. The van der Waals surface area contributed by atoms with Gasteiger partial charge in [-0.2, -0.15) is 8.78 Å². The molecule has 1 saturated heterocycles. The highest BCUT2D eigenvalue weighted by atomic mass is 19.3. The van der Waals surface area contributed by atoms with Gasteiger partial charge in [0.15, 0.2) is 0 Å². The molecule has 1 aliphatic heterocycles. The lowest BCUT2D eigenvalue weighted by Crippen LogP contribution is -2.41. The number of para-hydroxylation sites is 1. The van der Waals surface area contributed by atoms with E-state index in [9.17, 15) is 18.7 Å². The number of amides is 1. The molecule has 1 aromatic carbocycles. The van der Waals surface area contributed by atoms with Gasteiger partial charge >= 0.3 is 6.61 Å². The van der Waals surface area contributed by atoms with Gasteiger partial charge in [0, 0.05) is 13.1 Å². The summed E-state index contributed by atoms with van der Waals surface area (Å²) in [6, 6.07) is 6.06. The number of likely N-dealkylation sites (tertiary alicyclic amines) is 1. The van der Waals surface area contributed by atoms with Crippen molar-refractivity contribution in [2.24, 2.45) is 11.8 Å². The molecule has 1 unspecified atom stereocenters. The highest BCUT2D eigenvalue weighted by molar-refractivity contribution is 5.97. The van der Waals surface area contributed by atoms with Crippen LogP contribution in [0.4, 0.5) is 8.78 Å². The van der Waals surface area contributed by atoms with E-state index in [4.69, 9.17) is 0 Å². The molecular formula is C18H25F2NO3. The first-order valence-electron chi connectivity index (χ1n) is 8.39. The topological polar surface area (TPSA) is 49.8 Å². The molecule has 0 radical (unpaired) electrons. The van der Waals surface area contributed by atoms with Crippen molar-refractivity contribution < 1.29 is 23.4 Å². The number of alkyl halides is 2. The number of benzene rings is 1. The van der Waals surface area contributed by atoms with Gasteiger partial charge in [-0.1, -0.05) is 26.0 Å². The normalized spacial score (nSPS) is 17.4. The minimum atomic E-state index is -2.96. The van der Waals surface area contributed by atoms with Gasteiger partial charge in [0.25, 0.3) is 5.91 Å². The summed E-state index contributed by atoms with van der Waals surface area (Å²) in [5.74, 6) is 0.213. The summed E-state index contributed by atoms with van der Waals surface area (Å²) < 4.78 is 29.4. The summed E-state index contributed by atoms with van der Waals surface area (Å²) in [5.41, 5.74) is 0.152. The number of aliphatic hydroxyl groups is 1. The van der Waals surface area contributed by atoms with Crippen molar-refractivity contribution in [3.8, 4) is 5.75 Å². The minimum absolute atomic E-state index is 0.0977.